The molecule has 0 atom stereocenters. The van der Waals surface area contributed by atoms with E-state index in [0.29, 0.717) is 22.1 Å². The number of carboxylic acids is 2. The van der Waals surface area contributed by atoms with E-state index < -0.39 is 11.9 Å². The second-order valence-corrected chi connectivity index (χ2v) is 7.14. The maximum Gasteiger partial charge on any atom is 0.355 e. The molecule has 29 heavy (non-hydrogen) atoms. The molecule has 0 aliphatic rings. The zero-order valence-corrected chi connectivity index (χ0v) is 16.1. The molecule has 4 aromatic rings. The van der Waals surface area contributed by atoms with Crippen LogP contribution >= 0.6 is 11.3 Å². The summed E-state index contributed by atoms with van der Waals surface area (Å²) in [4.78, 5) is 26.9. The van der Waals surface area contributed by atoms with E-state index in [1.807, 2.05) is 37.3 Å². The summed E-state index contributed by atoms with van der Waals surface area (Å²) >= 11 is 1.16. The van der Waals surface area contributed by atoms with E-state index in [2.05, 4.69) is 4.98 Å². The normalized spacial score (nSPS) is 10.8. The molecule has 0 aliphatic carbocycles. The predicted octanol–water partition coefficient (Wildman–Crippen LogP) is 4.37. The number of carboxylic acid groups (broad SMARTS) is 2. The van der Waals surface area contributed by atoms with Crippen LogP contribution in [0.3, 0.4) is 0 Å². The van der Waals surface area contributed by atoms with Crippen LogP contribution < -0.4 is 0 Å². The number of hydrogen-bond acceptors (Lipinski definition) is 5. The first-order valence-electron chi connectivity index (χ1n) is 8.63. The summed E-state index contributed by atoms with van der Waals surface area (Å²) < 4.78 is 1.58. The van der Waals surface area contributed by atoms with Crippen LogP contribution in [-0.4, -0.2) is 36.9 Å². The molecule has 2 heterocycles. The van der Waals surface area contributed by atoms with Crippen molar-refractivity contribution in [3.05, 3.63) is 76.8 Å². The summed E-state index contributed by atoms with van der Waals surface area (Å²) in [6.07, 6.45) is 0. The lowest BCUT2D eigenvalue weighted by atomic mass is 10.0. The molecule has 0 unspecified atom stereocenters. The number of thiazole rings is 1. The lowest BCUT2D eigenvalue weighted by Gasteiger charge is -2.07. The molecule has 7 nitrogen and oxygen atoms in total. The Morgan fingerprint density at radius 1 is 0.966 bits per heavy atom. The smallest absolute Gasteiger partial charge is 0.355 e. The summed E-state index contributed by atoms with van der Waals surface area (Å²) in [6.45, 7) is 1.90. The molecule has 0 fully saturated rings. The van der Waals surface area contributed by atoms with Gasteiger partial charge in [-0.15, -0.1) is 11.3 Å². The number of hydrogen-bond donors (Lipinski definition) is 2. The molecule has 2 aromatic carbocycles. The summed E-state index contributed by atoms with van der Waals surface area (Å²) in [7, 11) is 0. The van der Waals surface area contributed by atoms with Crippen molar-refractivity contribution in [2.24, 2.45) is 0 Å². The summed E-state index contributed by atoms with van der Waals surface area (Å²) in [6, 6.07) is 16.1. The van der Waals surface area contributed by atoms with Gasteiger partial charge < -0.3 is 10.2 Å². The Bertz CT molecular complexity index is 1230. The molecule has 0 spiro atoms. The lowest BCUT2D eigenvalue weighted by molar-refractivity contribution is 0.0683. The number of rotatable bonds is 5. The molecule has 0 saturated heterocycles. The van der Waals surface area contributed by atoms with Crippen molar-refractivity contribution in [1.29, 1.82) is 0 Å². The Morgan fingerprint density at radius 2 is 1.69 bits per heavy atom. The predicted molar refractivity (Wildman–Crippen MR) is 109 cm³/mol. The number of benzene rings is 2. The highest BCUT2D eigenvalue weighted by Gasteiger charge is 2.22. The molecule has 0 aliphatic heterocycles. The van der Waals surface area contributed by atoms with Crippen LogP contribution in [-0.2, 0) is 0 Å². The van der Waals surface area contributed by atoms with E-state index in [-0.39, 0.29) is 11.3 Å². The quantitative estimate of drug-likeness (QED) is 0.511. The molecule has 144 valence electrons. The van der Waals surface area contributed by atoms with Crippen molar-refractivity contribution in [1.82, 2.24) is 14.8 Å². The van der Waals surface area contributed by atoms with Gasteiger partial charge in [0, 0.05) is 22.1 Å². The van der Waals surface area contributed by atoms with Crippen molar-refractivity contribution >= 4 is 23.3 Å². The number of nitrogens with zero attached hydrogens (tertiary/aromatic N) is 3. The maximum atomic E-state index is 11.4. The number of aromatic nitrogens is 3. The van der Waals surface area contributed by atoms with Crippen molar-refractivity contribution in [3.63, 3.8) is 0 Å². The Hall–Kier alpha value is -3.78. The van der Waals surface area contributed by atoms with Crippen LogP contribution in [0.2, 0.25) is 0 Å². The zero-order valence-electron chi connectivity index (χ0n) is 15.2. The molecular weight excluding hydrogens is 390 g/mol. The molecule has 2 N–H and O–H groups in total. The van der Waals surface area contributed by atoms with E-state index in [0.717, 1.165) is 22.5 Å². The fourth-order valence-electron chi connectivity index (χ4n) is 3.10. The maximum absolute atomic E-state index is 11.4. The van der Waals surface area contributed by atoms with Gasteiger partial charge in [-0.1, -0.05) is 42.5 Å². The Kier molecular flexibility index (Phi) is 4.69. The molecular formula is C21H15N3O4S. The molecule has 0 amide bonds. The minimum atomic E-state index is -1.12. The third-order valence-corrected chi connectivity index (χ3v) is 5.26. The third-order valence-electron chi connectivity index (χ3n) is 4.44. The highest BCUT2D eigenvalue weighted by Crippen LogP contribution is 2.34. The molecule has 2 aromatic heterocycles. The van der Waals surface area contributed by atoms with Gasteiger partial charge in [0.25, 0.3) is 0 Å². The van der Waals surface area contributed by atoms with Crippen molar-refractivity contribution in [2.45, 2.75) is 6.92 Å². The summed E-state index contributed by atoms with van der Waals surface area (Å²) in [5.74, 6) is -2.14. The highest BCUT2D eigenvalue weighted by molar-refractivity contribution is 7.12. The van der Waals surface area contributed by atoms with Gasteiger partial charge in [-0.25, -0.2) is 19.3 Å². The first-order valence-corrected chi connectivity index (χ1v) is 9.51. The van der Waals surface area contributed by atoms with Crippen molar-refractivity contribution in [2.75, 3.05) is 0 Å². The number of aromatic carboxylic acids is 2. The Balaban J connectivity index is 1.97. The molecule has 4 rings (SSSR count). The topological polar surface area (TPSA) is 105 Å². The van der Waals surface area contributed by atoms with Crippen molar-refractivity contribution < 1.29 is 19.8 Å². The van der Waals surface area contributed by atoms with Crippen LogP contribution in [0.4, 0.5) is 0 Å². The van der Waals surface area contributed by atoms with E-state index in [9.17, 15) is 19.8 Å². The second kappa shape index (κ2) is 7.33. The molecule has 8 heteroatoms. The molecule has 0 radical (unpaired) electrons. The summed E-state index contributed by atoms with van der Waals surface area (Å²) in [5, 5.41) is 25.1. The van der Waals surface area contributed by atoms with Gasteiger partial charge in [0.05, 0.1) is 17.0 Å². The van der Waals surface area contributed by atoms with Crippen LogP contribution in [0.5, 0.6) is 0 Å². The van der Waals surface area contributed by atoms with E-state index >= 15 is 0 Å². The van der Waals surface area contributed by atoms with Crippen molar-refractivity contribution in [3.8, 4) is 27.6 Å². The van der Waals surface area contributed by atoms with Gasteiger partial charge in [-0.2, -0.15) is 5.10 Å². The minimum Gasteiger partial charge on any atom is -0.478 e. The largest absolute Gasteiger partial charge is 0.478 e. The van der Waals surface area contributed by atoms with Gasteiger partial charge in [-0.3, -0.25) is 0 Å². The molecule has 0 bridgehead atoms. The minimum absolute atomic E-state index is 0.0651. The van der Waals surface area contributed by atoms with Crippen LogP contribution in [0.25, 0.3) is 27.6 Å². The van der Waals surface area contributed by atoms with Crippen LogP contribution in [0.15, 0.2) is 60.0 Å². The fourth-order valence-corrected chi connectivity index (χ4v) is 3.86. The van der Waals surface area contributed by atoms with Crippen LogP contribution in [0.1, 0.15) is 26.4 Å². The SMILES string of the molecule is Cc1c(-c2ccccc2)nn(-c2nc(C(=O)O)cs2)c1-c1cccc(C(=O)O)c1. The van der Waals surface area contributed by atoms with Crippen LogP contribution in [0, 0.1) is 6.92 Å². The molecule has 0 saturated carbocycles. The standard InChI is InChI=1S/C21H15N3O4S/c1-12-17(13-6-3-2-4-7-13)23-24(21-22-16(11-29-21)20(27)28)18(12)14-8-5-9-15(10-14)19(25)26/h2-11H,1H3,(H,25,26)(H,27,28). The average Bonchev–Trinajstić information content (AvgIpc) is 3.33. The lowest BCUT2D eigenvalue weighted by Crippen LogP contribution is -2.03. The van der Waals surface area contributed by atoms with Gasteiger partial charge >= 0.3 is 11.9 Å². The zero-order chi connectivity index (χ0) is 20.5. The summed E-state index contributed by atoms with van der Waals surface area (Å²) in [5.41, 5.74) is 3.86. The first-order chi connectivity index (χ1) is 14.0. The first kappa shape index (κ1) is 18.6. The Labute approximate surface area is 169 Å². The Morgan fingerprint density at radius 3 is 2.34 bits per heavy atom. The average molecular weight is 405 g/mol. The second-order valence-electron chi connectivity index (χ2n) is 6.31. The van der Waals surface area contributed by atoms with E-state index in [1.165, 1.54) is 11.4 Å². The van der Waals surface area contributed by atoms with Gasteiger partial charge in [0.15, 0.2) is 5.69 Å². The fraction of sp³-hybridized carbons (Fsp3) is 0.0476. The number of carbonyl (C=O) groups is 2. The van der Waals surface area contributed by atoms with Gasteiger partial charge in [-0.05, 0) is 19.1 Å². The monoisotopic (exact) mass is 405 g/mol. The van der Waals surface area contributed by atoms with E-state index in [1.54, 1.807) is 22.9 Å². The highest BCUT2D eigenvalue weighted by atomic mass is 32.1. The van der Waals surface area contributed by atoms with Gasteiger partial charge in [0.1, 0.15) is 0 Å². The third kappa shape index (κ3) is 3.41. The van der Waals surface area contributed by atoms with Gasteiger partial charge in [0.2, 0.25) is 5.13 Å². The van der Waals surface area contributed by atoms with E-state index in [4.69, 9.17) is 5.10 Å².